The third kappa shape index (κ3) is 4.96. The van der Waals surface area contributed by atoms with Crippen LogP contribution in [0.15, 0.2) is 24.5 Å². The Bertz CT molecular complexity index is 557. The average molecular weight is 335 g/mol. The van der Waals surface area contributed by atoms with Crippen molar-refractivity contribution in [2.45, 2.75) is 46.2 Å². The fourth-order valence-electron chi connectivity index (χ4n) is 2.51. The van der Waals surface area contributed by atoms with Gasteiger partial charge in [0.2, 0.25) is 11.8 Å². The molecule has 0 bridgehead atoms. The number of hydrogen-bond acceptors (Lipinski definition) is 4. The lowest BCUT2D eigenvalue weighted by Gasteiger charge is -2.27. The molecule has 2 atom stereocenters. The normalized spacial score (nSPS) is 19.5. The molecule has 5 nitrogen and oxygen atoms in total. The highest BCUT2D eigenvalue weighted by atomic mass is 32.2. The van der Waals surface area contributed by atoms with E-state index >= 15 is 0 Å². The zero-order chi connectivity index (χ0) is 17.0. The number of amides is 2. The molecule has 2 amide bonds. The van der Waals surface area contributed by atoms with E-state index in [1.54, 1.807) is 29.1 Å². The Kier molecular flexibility index (Phi) is 5.68. The predicted molar refractivity (Wildman–Crippen MR) is 92.8 cm³/mol. The fraction of sp³-hybridized carbons (Fsp3) is 0.588. The zero-order valence-corrected chi connectivity index (χ0v) is 15.0. The summed E-state index contributed by atoms with van der Waals surface area (Å²) in [6.45, 7) is 8.05. The summed E-state index contributed by atoms with van der Waals surface area (Å²) in [6, 6.07) is 3.29. The molecule has 126 valence electrons. The van der Waals surface area contributed by atoms with Gasteiger partial charge in [0.15, 0.2) is 0 Å². The monoisotopic (exact) mass is 335 g/mol. The molecule has 0 aliphatic carbocycles. The van der Waals surface area contributed by atoms with Crippen LogP contribution in [-0.4, -0.2) is 39.4 Å². The third-order valence-electron chi connectivity index (χ3n) is 3.75. The lowest BCUT2D eigenvalue weighted by molar-refractivity contribution is -0.139. The minimum absolute atomic E-state index is 0.0548. The SMILES string of the molecule is C[C@H](NC(=O)[C@@H]1CSCN1C(=O)CC(C)(C)C)c1ccncc1. The van der Waals surface area contributed by atoms with E-state index in [1.165, 1.54) is 0 Å². The number of thioether (sulfide) groups is 1. The first-order valence-electron chi connectivity index (χ1n) is 7.85. The first-order chi connectivity index (χ1) is 10.8. The summed E-state index contributed by atoms with van der Waals surface area (Å²) in [5.41, 5.74) is 0.932. The lowest BCUT2D eigenvalue weighted by Crippen LogP contribution is -2.48. The average Bonchev–Trinajstić information content (AvgIpc) is 2.96. The number of nitrogens with one attached hydrogen (secondary N) is 1. The van der Waals surface area contributed by atoms with Crippen LogP contribution in [0.1, 0.15) is 45.7 Å². The molecule has 0 radical (unpaired) electrons. The molecule has 1 N–H and O–H groups in total. The van der Waals surface area contributed by atoms with Gasteiger partial charge in [0.1, 0.15) is 6.04 Å². The second-order valence-electron chi connectivity index (χ2n) is 7.13. The molecular weight excluding hydrogens is 310 g/mol. The van der Waals surface area contributed by atoms with Crippen molar-refractivity contribution in [3.8, 4) is 0 Å². The van der Waals surface area contributed by atoms with E-state index in [4.69, 9.17) is 0 Å². The summed E-state index contributed by atoms with van der Waals surface area (Å²) in [7, 11) is 0. The molecule has 1 saturated heterocycles. The van der Waals surface area contributed by atoms with Crippen molar-refractivity contribution in [1.82, 2.24) is 15.2 Å². The second-order valence-corrected chi connectivity index (χ2v) is 8.13. The number of pyridine rings is 1. The van der Waals surface area contributed by atoms with Crippen molar-refractivity contribution in [2.75, 3.05) is 11.6 Å². The van der Waals surface area contributed by atoms with Gasteiger partial charge in [-0.1, -0.05) is 20.8 Å². The summed E-state index contributed by atoms with van der Waals surface area (Å²) >= 11 is 1.63. The molecule has 0 saturated carbocycles. The molecule has 1 aromatic rings. The van der Waals surface area contributed by atoms with Crippen LogP contribution in [-0.2, 0) is 9.59 Å². The van der Waals surface area contributed by atoms with E-state index in [2.05, 4.69) is 10.3 Å². The zero-order valence-electron chi connectivity index (χ0n) is 14.2. The van der Waals surface area contributed by atoms with Crippen molar-refractivity contribution in [1.29, 1.82) is 0 Å². The molecule has 2 rings (SSSR count). The van der Waals surface area contributed by atoms with E-state index < -0.39 is 0 Å². The summed E-state index contributed by atoms with van der Waals surface area (Å²) in [5, 5.41) is 3.01. The van der Waals surface area contributed by atoms with Gasteiger partial charge in [-0.05, 0) is 30.0 Å². The van der Waals surface area contributed by atoms with Crippen molar-refractivity contribution in [3.05, 3.63) is 30.1 Å². The molecule has 0 unspecified atom stereocenters. The van der Waals surface area contributed by atoms with Crippen molar-refractivity contribution in [3.63, 3.8) is 0 Å². The number of carbonyl (C=O) groups excluding carboxylic acids is 2. The van der Waals surface area contributed by atoms with Crippen molar-refractivity contribution in [2.24, 2.45) is 5.41 Å². The minimum Gasteiger partial charge on any atom is -0.348 e. The first-order valence-corrected chi connectivity index (χ1v) is 9.01. The highest BCUT2D eigenvalue weighted by molar-refractivity contribution is 7.99. The largest absolute Gasteiger partial charge is 0.348 e. The van der Waals surface area contributed by atoms with Crippen LogP contribution in [0, 0.1) is 5.41 Å². The maximum Gasteiger partial charge on any atom is 0.244 e. The maximum atomic E-state index is 12.6. The predicted octanol–water partition coefficient (Wildman–Crippen LogP) is 2.60. The molecule has 23 heavy (non-hydrogen) atoms. The Morgan fingerprint density at radius 1 is 1.39 bits per heavy atom. The molecule has 6 heteroatoms. The van der Waals surface area contributed by atoms with Crippen molar-refractivity contribution < 1.29 is 9.59 Å². The Balaban J connectivity index is 1.99. The fourth-order valence-corrected chi connectivity index (χ4v) is 3.69. The summed E-state index contributed by atoms with van der Waals surface area (Å²) < 4.78 is 0. The topological polar surface area (TPSA) is 62.3 Å². The summed E-state index contributed by atoms with van der Waals surface area (Å²) in [5.74, 6) is 1.22. The van der Waals surface area contributed by atoms with Gasteiger partial charge in [-0.2, -0.15) is 0 Å². The van der Waals surface area contributed by atoms with E-state index in [0.717, 1.165) is 5.56 Å². The van der Waals surface area contributed by atoms with Crippen LogP contribution in [0.5, 0.6) is 0 Å². The highest BCUT2D eigenvalue weighted by Crippen LogP contribution is 2.27. The summed E-state index contributed by atoms with van der Waals surface area (Å²) in [4.78, 5) is 30.7. The molecular formula is C17H25N3O2S. The van der Waals surface area contributed by atoms with Crippen LogP contribution >= 0.6 is 11.8 Å². The van der Waals surface area contributed by atoms with Crippen molar-refractivity contribution >= 4 is 23.6 Å². The van der Waals surface area contributed by atoms with Gasteiger partial charge in [0.25, 0.3) is 0 Å². The Morgan fingerprint density at radius 3 is 2.65 bits per heavy atom. The number of hydrogen-bond donors (Lipinski definition) is 1. The van der Waals surface area contributed by atoms with Gasteiger partial charge in [0, 0.05) is 24.6 Å². The van der Waals surface area contributed by atoms with Gasteiger partial charge in [0.05, 0.1) is 11.9 Å². The molecule has 0 aromatic carbocycles. The molecule has 1 fully saturated rings. The van der Waals surface area contributed by atoms with Crippen LogP contribution in [0.4, 0.5) is 0 Å². The van der Waals surface area contributed by atoms with Crippen LogP contribution < -0.4 is 5.32 Å². The molecule has 2 heterocycles. The molecule has 0 spiro atoms. The summed E-state index contributed by atoms with van der Waals surface area (Å²) in [6.07, 6.45) is 3.88. The third-order valence-corrected chi connectivity index (χ3v) is 4.76. The minimum atomic E-state index is -0.376. The smallest absolute Gasteiger partial charge is 0.244 e. The number of aromatic nitrogens is 1. The molecule has 1 aliphatic heterocycles. The lowest BCUT2D eigenvalue weighted by atomic mass is 9.91. The van der Waals surface area contributed by atoms with Gasteiger partial charge < -0.3 is 10.2 Å². The standard InChI is InChI=1S/C17H25N3O2S/c1-12(13-5-7-18-8-6-13)19-16(22)14-10-23-11-20(14)15(21)9-17(2,3)4/h5-8,12,14H,9-11H2,1-4H3,(H,19,22)/t12-,14-/m0/s1. The quantitative estimate of drug-likeness (QED) is 0.919. The number of carbonyl (C=O) groups is 2. The maximum absolute atomic E-state index is 12.6. The van der Waals surface area contributed by atoms with Crippen LogP contribution in [0.25, 0.3) is 0 Å². The van der Waals surface area contributed by atoms with E-state index in [9.17, 15) is 9.59 Å². The molecule has 1 aromatic heterocycles. The van der Waals surface area contributed by atoms with Gasteiger partial charge in [-0.15, -0.1) is 11.8 Å². The Labute approximate surface area is 142 Å². The highest BCUT2D eigenvalue weighted by Gasteiger charge is 2.36. The van der Waals surface area contributed by atoms with E-state index in [-0.39, 0.29) is 29.3 Å². The van der Waals surface area contributed by atoms with Gasteiger partial charge >= 0.3 is 0 Å². The van der Waals surface area contributed by atoms with Crippen LogP contribution in [0.3, 0.4) is 0 Å². The number of rotatable bonds is 4. The first kappa shape index (κ1) is 17.8. The second kappa shape index (κ2) is 7.34. The van der Waals surface area contributed by atoms with E-state index in [1.807, 2.05) is 39.8 Å². The molecule has 1 aliphatic rings. The van der Waals surface area contributed by atoms with Gasteiger partial charge in [-0.3, -0.25) is 14.6 Å². The Hall–Kier alpha value is -1.56. The Morgan fingerprint density at radius 2 is 2.04 bits per heavy atom. The van der Waals surface area contributed by atoms with Gasteiger partial charge in [-0.25, -0.2) is 0 Å². The van der Waals surface area contributed by atoms with Crippen LogP contribution in [0.2, 0.25) is 0 Å². The number of nitrogens with zero attached hydrogens (tertiary/aromatic N) is 2. The van der Waals surface area contributed by atoms with E-state index in [0.29, 0.717) is 18.1 Å².